The maximum atomic E-state index is 13.7. The Hall–Kier alpha value is -1.86. The van der Waals surface area contributed by atoms with Crippen molar-refractivity contribution in [2.75, 3.05) is 13.2 Å². The summed E-state index contributed by atoms with van der Waals surface area (Å²) in [6.07, 6.45) is 5.97. The molecule has 3 nitrogen and oxygen atoms in total. The smallest absolute Gasteiger partial charge is 0.254 e. The van der Waals surface area contributed by atoms with E-state index in [9.17, 15) is 9.18 Å². The van der Waals surface area contributed by atoms with Gasteiger partial charge in [0.2, 0.25) is 0 Å². The van der Waals surface area contributed by atoms with Gasteiger partial charge in [0, 0.05) is 12.1 Å². The average molecular weight is 289 g/mol. The highest BCUT2D eigenvalue weighted by Gasteiger charge is 2.16. The van der Waals surface area contributed by atoms with Crippen molar-refractivity contribution >= 4 is 5.91 Å². The van der Waals surface area contributed by atoms with Crippen LogP contribution < -0.4 is 5.32 Å². The minimum absolute atomic E-state index is 0.00571. The van der Waals surface area contributed by atoms with Crippen molar-refractivity contribution in [2.45, 2.75) is 32.1 Å². The van der Waals surface area contributed by atoms with Crippen LogP contribution in [0.15, 0.2) is 18.2 Å². The van der Waals surface area contributed by atoms with Crippen molar-refractivity contribution in [3.8, 4) is 11.8 Å². The molecule has 21 heavy (non-hydrogen) atoms. The molecule has 112 valence electrons. The molecule has 0 spiro atoms. The zero-order valence-corrected chi connectivity index (χ0v) is 12.0. The Kier molecular flexibility index (Phi) is 5.77. The predicted octanol–water partition coefficient (Wildman–Crippen LogP) is 2.48. The molecule has 1 fully saturated rings. The van der Waals surface area contributed by atoms with Crippen LogP contribution in [0.2, 0.25) is 0 Å². The second-order valence-corrected chi connectivity index (χ2v) is 5.35. The number of benzene rings is 1. The van der Waals surface area contributed by atoms with Crippen molar-refractivity contribution in [3.05, 3.63) is 35.1 Å². The number of hydrogen-bond donors (Lipinski definition) is 2. The number of nitrogens with one attached hydrogen (secondary N) is 1. The van der Waals surface area contributed by atoms with Crippen LogP contribution in [-0.2, 0) is 0 Å². The van der Waals surface area contributed by atoms with E-state index in [0.717, 1.165) is 6.42 Å². The lowest BCUT2D eigenvalue weighted by molar-refractivity contribution is 0.0947. The molecule has 1 aromatic rings. The van der Waals surface area contributed by atoms with Crippen molar-refractivity contribution in [2.24, 2.45) is 5.92 Å². The van der Waals surface area contributed by atoms with E-state index in [1.807, 2.05) is 0 Å². The molecule has 0 aromatic heterocycles. The fraction of sp³-hybridized carbons (Fsp3) is 0.471. The van der Waals surface area contributed by atoms with Gasteiger partial charge in [0.05, 0.1) is 5.56 Å². The number of rotatable bonds is 4. The number of halogens is 1. The molecule has 0 radical (unpaired) electrons. The summed E-state index contributed by atoms with van der Waals surface area (Å²) in [5, 5.41) is 11.4. The summed E-state index contributed by atoms with van der Waals surface area (Å²) >= 11 is 0. The van der Waals surface area contributed by atoms with Crippen LogP contribution >= 0.6 is 0 Å². The third-order valence-corrected chi connectivity index (χ3v) is 3.84. The summed E-state index contributed by atoms with van der Waals surface area (Å²) < 4.78 is 13.7. The van der Waals surface area contributed by atoms with Gasteiger partial charge in [0.25, 0.3) is 5.91 Å². The SMILES string of the molecule is O=C(NCCC1CCCC1)c1cc(C#CCO)ccc1F. The summed E-state index contributed by atoms with van der Waals surface area (Å²) in [4.78, 5) is 12.0. The van der Waals surface area contributed by atoms with E-state index in [4.69, 9.17) is 5.11 Å². The molecule has 0 atom stereocenters. The number of carbonyl (C=O) groups is 1. The molecular formula is C17H20FNO2. The van der Waals surface area contributed by atoms with E-state index in [2.05, 4.69) is 17.2 Å². The van der Waals surface area contributed by atoms with Gasteiger partial charge in [-0.25, -0.2) is 4.39 Å². The zero-order chi connectivity index (χ0) is 15.1. The number of hydrogen-bond acceptors (Lipinski definition) is 2. The molecular weight excluding hydrogens is 269 g/mol. The Balaban J connectivity index is 1.94. The maximum Gasteiger partial charge on any atom is 0.254 e. The molecule has 2 rings (SSSR count). The van der Waals surface area contributed by atoms with Crippen molar-refractivity contribution in [3.63, 3.8) is 0 Å². The standard InChI is InChI=1S/C17H20FNO2/c18-16-8-7-14(6-3-11-20)12-15(16)17(21)19-10-9-13-4-1-2-5-13/h7-8,12-13,20H,1-2,4-5,9-11H2,(H,19,21). The fourth-order valence-corrected chi connectivity index (χ4v) is 2.70. The fourth-order valence-electron chi connectivity index (χ4n) is 2.70. The Morgan fingerprint density at radius 2 is 2.14 bits per heavy atom. The Morgan fingerprint density at radius 3 is 2.86 bits per heavy atom. The van der Waals surface area contributed by atoms with Crippen LogP contribution in [0.25, 0.3) is 0 Å². The maximum absolute atomic E-state index is 13.7. The largest absolute Gasteiger partial charge is 0.384 e. The molecule has 2 N–H and O–H groups in total. The van der Waals surface area contributed by atoms with Gasteiger partial charge in [-0.2, -0.15) is 0 Å². The Bertz CT molecular complexity index is 554. The van der Waals surface area contributed by atoms with Gasteiger partial charge in [0.1, 0.15) is 12.4 Å². The van der Waals surface area contributed by atoms with E-state index in [1.165, 1.54) is 43.9 Å². The Labute approximate surface area is 124 Å². The summed E-state index contributed by atoms with van der Waals surface area (Å²) in [5.74, 6) is 4.89. The summed E-state index contributed by atoms with van der Waals surface area (Å²) in [6.45, 7) is 0.315. The summed E-state index contributed by atoms with van der Waals surface area (Å²) in [5.41, 5.74) is 0.526. The molecule has 0 bridgehead atoms. The lowest BCUT2D eigenvalue weighted by atomic mass is 10.0. The van der Waals surface area contributed by atoms with Gasteiger partial charge in [-0.1, -0.05) is 37.5 Å². The highest BCUT2D eigenvalue weighted by atomic mass is 19.1. The van der Waals surface area contributed by atoms with Crippen LogP contribution in [0.5, 0.6) is 0 Å². The number of carbonyl (C=O) groups excluding carboxylic acids is 1. The minimum atomic E-state index is -0.553. The molecule has 1 saturated carbocycles. The molecule has 0 unspecified atom stereocenters. The molecule has 1 aliphatic rings. The average Bonchev–Trinajstić information content (AvgIpc) is 2.99. The van der Waals surface area contributed by atoms with Gasteiger partial charge in [-0.15, -0.1) is 0 Å². The molecule has 1 amide bonds. The highest BCUT2D eigenvalue weighted by Crippen LogP contribution is 2.26. The minimum Gasteiger partial charge on any atom is -0.384 e. The van der Waals surface area contributed by atoms with E-state index in [-0.39, 0.29) is 12.2 Å². The molecule has 1 aromatic carbocycles. The van der Waals surface area contributed by atoms with Crippen LogP contribution in [0.1, 0.15) is 48.0 Å². The molecule has 0 saturated heterocycles. The lowest BCUT2D eigenvalue weighted by Crippen LogP contribution is -2.26. The predicted molar refractivity (Wildman–Crippen MR) is 79.3 cm³/mol. The quantitative estimate of drug-likeness (QED) is 0.837. The molecule has 0 aliphatic heterocycles. The second kappa shape index (κ2) is 7.80. The van der Waals surface area contributed by atoms with E-state index < -0.39 is 11.7 Å². The third-order valence-electron chi connectivity index (χ3n) is 3.84. The lowest BCUT2D eigenvalue weighted by Gasteiger charge is -2.10. The van der Waals surface area contributed by atoms with Crippen LogP contribution in [0.3, 0.4) is 0 Å². The van der Waals surface area contributed by atoms with Crippen molar-refractivity contribution < 1.29 is 14.3 Å². The topological polar surface area (TPSA) is 49.3 Å². The van der Waals surface area contributed by atoms with Gasteiger partial charge < -0.3 is 10.4 Å². The van der Waals surface area contributed by atoms with Crippen LogP contribution in [0.4, 0.5) is 4.39 Å². The van der Waals surface area contributed by atoms with Crippen molar-refractivity contribution in [1.29, 1.82) is 0 Å². The van der Waals surface area contributed by atoms with Gasteiger partial charge in [0.15, 0.2) is 0 Å². The van der Waals surface area contributed by atoms with Crippen molar-refractivity contribution in [1.82, 2.24) is 5.32 Å². The number of aliphatic hydroxyl groups is 1. The van der Waals surface area contributed by atoms with E-state index in [0.29, 0.717) is 18.0 Å². The van der Waals surface area contributed by atoms with E-state index in [1.54, 1.807) is 0 Å². The summed E-state index contributed by atoms with van der Waals surface area (Å²) in [6, 6.07) is 4.14. The first kappa shape index (κ1) is 15.5. The zero-order valence-electron chi connectivity index (χ0n) is 12.0. The summed E-state index contributed by atoms with van der Waals surface area (Å²) in [7, 11) is 0. The van der Waals surface area contributed by atoms with Crippen LogP contribution in [0, 0.1) is 23.6 Å². The van der Waals surface area contributed by atoms with Gasteiger partial charge in [-0.3, -0.25) is 4.79 Å². The van der Waals surface area contributed by atoms with E-state index >= 15 is 0 Å². The molecule has 4 heteroatoms. The molecule has 0 heterocycles. The monoisotopic (exact) mass is 289 g/mol. The first-order valence-electron chi connectivity index (χ1n) is 7.38. The highest BCUT2D eigenvalue weighted by molar-refractivity contribution is 5.94. The normalized spacial score (nSPS) is 14.6. The second-order valence-electron chi connectivity index (χ2n) is 5.35. The van der Waals surface area contributed by atoms with Crippen LogP contribution in [-0.4, -0.2) is 24.2 Å². The number of aliphatic hydroxyl groups excluding tert-OH is 1. The first-order chi connectivity index (χ1) is 10.2. The third kappa shape index (κ3) is 4.57. The number of amides is 1. The first-order valence-corrected chi connectivity index (χ1v) is 7.38. The van der Waals surface area contributed by atoms with Gasteiger partial charge in [-0.05, 0) is 30.5 Å². The molecule has 1 aliphatic carbocycles. The van der Waals surface area contributed by atoms with Gasteiger partial charge >= 0.3 is 0 Å². The Morgan fingerprint density at radius 1 is 1.38 bits per heavy atom.